The summed E-state index contributed by atoms with van der Waals surface area (Å²) in [6, 6.07) is -0.0322. The second kappa shape index (κ2) is 5.12. The first kappa shape index (κ1) is 12.7. The van der Waals surface area contributed by atoms with Crippen LogP contribution in [-0.2, 0) is 11.8 Å². The standard InChI is InChI=1S/C11H20N4O/c1-7(5-12)11(16)13-8(2)10-6-15(4)14-9(10)3/h6-8H,5,12H2,1-4H3,(H,13,16). The third kappa shape index (κ3) is 2.82. The first-order chi connectivity index (χ1) is 7.45. The molecule has 90 valence electrons. The minimum atomic E-state index is -0.153. The topological polar surface area (TPSA) is 72.9 Å². The summed E-state index contributed by atoms with van der Waals surface area (Å²) in [5, 5.41) is 7.17. The van der Waals surface area contributed by atoms with Crippen LogP contribution in [0.2, 0.25) is 0 Å². The van der Waals surface area contributed by atoms with Gasteiger partial charge in [0.15, 0.2) is 0 Å². The van der Waals surface area contributed by atoms with Crippen molar-refractivity contribution in [1.82, 2.24) is 15.1 Å². The molecule has 5 heteroatoms. The normalized spacial score (nSPS) is 14.6. The minimum absolute atomic E-state index is 0.0155. The molecule has 0 aliphatic rings. The second-order valence-corrected chi connectivity index (χ2v) is 4.21. The Morgan fingerprint density at radius 3 is 2.69 bits per heavy atom. The number of nitrogens with two attached hydrogens (primary N) is 1. The first-order valence-corrected chi connectivity index (χ1v) is 5.46. The molecule has 0 fully saturated rings. The molecule has 0 spiro atoms. The van der Waals surface area contributed by atoms with Gasteiger partial charge >= 0.3 is 0 Å². The lowest BCUT2D eigenvalue weighted by Crippen LogP contribution is -2.35. The minimum Gasteiger partial charge on any atom is -0.349 e. The molecule has 1 amide bonds. The Morgan fingerprint density at radius 2 is 2.25 bits per heavy atom. The van der Waals surface area contributed by atoms with E-state index in [2.05, 4.69) is 10.4 Å². The van der Waals surface area contributed by atoms with Crippen LogP contribution >= 0.6 is 0 Å². The maximum Gasteiger partial charge on any atom is 0.224 e. The third-order valence-electron chi connectivity index (χ3n) is 2.68. The molecule has 2 atom stereocenters. The lowest BCUT2D eigenvalue weighted by molar-refractivity contribution is -0.124. The highest BCUT2D eigenvalue weighted by Gasteiger charge is 2.17. The third-order valence-corrected chi connectivity index (χ3v) is 2.68. The van der Waals surface area contributed by atoms with E-state index in [9.17, 15) is 4.79 Å². The molecule has 0 bridgehead atoms. The molecule has 1 aromatic rings. The molecule has 0 aromatic carbocycles. The highest BCUT2D eigenvalue weighted by molar-refractivity contribution is 5.78. The highest BCUT2D eigenvalue weighted by Crippen LogP contribution is 2.15. The lowest BCUT2D eigenvalue weighted by Gasteiger charge is -2.16. The van der Waals surface area contributed by atoms with Gasteiger partial charge in [-0.2, -0.15) is 5.10 Å². The number of amides is 1. The first-order valence-electron chi connectivity index (χ1n) is 5.46. The number of nitrogens with zero attached hydrogens (tertiary/aromatic N) is 2. The van der Waals surface area contributed by atoms with Crippen LogP contribution in [-0.4, -0.2) is 22.2 Å². The molecule has 3 N–H and O–H groups in total. The van der Waals surface area contributed by atoms with E-state index >= 15 is 0 Å². The number of hydrogen-bond acceptors (Lipinski definition) is 3. The molecular formula is C11H20N4O. The fourth-order valence-corrected chi connectivity index (χ4v) is 1.58. The second-order valence-electron chi connectivity index (χ2n) is 4.21. The van der Waals surface area contributed by atoms with Gasteiger partial charge < -0.3 is 11.1 Å². The summed E-state index contributed by atoms with van der Waals surface area (Å²) >= 11 is 0. The SMILES string of the molecule is Cc1nn(C)cc1C(C)NC(=O)C(C)CN. The number of nitrogens with one attached hydrogen (secondary N) is 1. The van der Waals surface area contributed by atoms with E-state index in [0.29, 0.717) is 6.54 Å². The molecule has 0 aliphatic heterocycles. The number of carbonyl (C=O) groups is 1. The molecule has 0 saturated heterocycles. The van der Waals surface area contributed by atoms with Crippen LogP contribution in [0.25, 0.3) is 0 Å². The smallest absolute Gasteiger partial charge is 0.224 e. The van der Waals surface area contributed by atoms with Crippen LogP contribution < -0.4 is 11.1 Å². The summed E-state index contributed by atoms with van der Waals surface area (Å²) < 4.78 is 1.75. The molecular weight excluding hydrogens is 204 g/mol. The maximum atomic E-state index is 11.7. The number of aryl methyl sites for hydroxylation is 2. The molecule has 0 radical (unpaired) electrons. The van der Waals surface area contributed by atoms with Crippen molar-refractivity contribution in [3.05, 3.63) is 17.5 Å². The number of hydrogen-bond donors (Lipinski definition) is 2. The Morgan fingerprint density at radius 1 is 1.62 bits per heavy atom. The summed E-state index contributed by atoms with van der Waals surface area (Å²) in [5.74, 6) is -0.169. The van der Waals surface area contributed by atoms with Gasteiger partial charge in [-0.15, -0.1) is 0 Å². The number of aromatic nitrogens is 2. The van der Waals surface area contributed by atoms with Crippen molar-refractivity contribution >= 4 is 5.91 Å². The lowest BCUT2D eigenvalue weighted by atomic mass is 10.1. The van der Waals surface area contributed by atoms with E-state index in [4.69, 9.17) is 5.73 Å². The molecule has 2 unspecified atom stereocenters. The van der Waals surface area contributed by atoms with Crippen molar-refractivity contribution in [3.8, 4) is 0 Å². The van der Waals surface area contributed by atoms with E-state index in [1.54, 1.807) is 4.68 Å². The monoisotopic (exact) mass is 224 g/mol. The Hall–Kier alpha value is -1.36. The average molecular weight is 224 g/mol. The fraction of sp³-hybridized carbons (Fsp3) is 0.636. The van der Waals surface area contributed by atoms with Gasteiger partial charge in [0.05, 0.1) is 11.7 Å². The van der Waals surface area contributed by atoms with Crippen molar-refractivity contribution in [2.45, 2.75) is 26.8 Å². The van der Waals surface area contributed by atoms with E-state index in [1.165, 1.54) is 0 Å². The van der Waals surface area contributed by atoms with E-state index in [1.807, 2.05) is 34.0 Å². The molecule has 1 heterocycles. The Bertz CT molecular complexity index is 372. The quantitative estimate of drug-likeness (QED) is 0.782. The molecule has 16 heavy (non-hydrogen) atoms. The zero-order valence-electron chi connectivity index (χ0n) is 10.3. The van der Waals surface area contributed by atoms with Crippen molar-refractivity contribution in [2.24, 2.45) is 18.7 Å². The van der Waals surface area contributed by atoms with Crippen LogP contribution in [0, 0.1) is 12.8 Å². The van der Waals surface area contributed by atoms with Crippen LogP contribution in [0.3, 0.4) is 0 Å². The van der Waals surface area contributed by atoms with Crippen molar-refractivity contribution in [3.63, 3.8) is 0 Å². The average Bonchev–Trinajstić information content (AvgIpc) is 2.56. The molecule has 0 aliphatic carbocycles. The van der Waals surface area contributed by atoms with Gasteiger partial charge in [0.25, 0.3) is 0 Å². The largest absolute Gasteiger partial charge is 0.349 e. The molecule has 1 rings (SSSR count). The fourth-order valence-electron chi connectivity index (χ4n) is 1.58. The summed E-state index contributed by atoms with van der Waals surface area (Å²) in [5.41, 5.74) is 7.43. The maximum absolute atomic E-state index is 11.7. The van der Waals surface area contributed by atoms with E-state index in [0.717, 1.165) is 11.3 Å². The van der Waals surface area contributed by atoms with Crippen LogP contribution in [0.15, 0.2) is 6.20 Å². The van der Waals surface area contributed by atoms with Gasteiger partial charge in [-0.25, -0.2) is 0 Å². The summed E-state index contributed by atoms with van der Waals surface area (Å²) in [6.45, 7) is 6.07. The summed E-state index contributed by atoms with van der Waals surface area (Å²) in [7, 11) is 1.87. The summed E-state index contributed by atoms with van der Waals surface area (Å²) in [4.78, 5) is 11.7. The number of carbonyl (C=O) groups excluding carboxylic acids is 1. The molecule has 0 saturated carbocycles. The van der Waals surface area contributed by atoms with E-state index < -0.39 is 0 Å². The Kier molecular flexibility index (Phi) is 4.06. The predicted molar refractivity (Wildman–Crippen MR) is 62.7 cm³/mol. The van der Waals surface area contributed by atoms with Crippen LogP contribution in [0.5, 0.6) is 0 Å². The highest BCUT2D eigenvalue weighted by atomic mass is 16.1. The van der Waals surface area contributed by atoms with Gasteiger partial charge in [0.1, 0.15) is 0 Å². The van der Waals surface area contributed by atoms with Gasteiger partial charge in [0, 0.05) is 31.3 Å². The van der Waals surface area contributed by atoms with Gasteiger partial charge in [-0.1, -0.05) is 6.92 Å². The number of rotatable bonds is 4. The van der Waals surface area contributed by atoms with Crippen LogP contribution in [0.1, 0.15) is 31.1 Å². The molecule has 1 aromatic heterocycles. The Balaban J connectivity index is 2.69. The Labute approximate surface area is 96.0 Å². The summed E-state index contributed by atoms with van der Waals surface area (Å²) in [6.07, 6.45) is 1.92. The van der Waals surface area contributed by atoms with Gasteiger partial charge in [-0.05, 0) is 13.8 Å². The van der Waals surface area contributed by atoms with Crippen molar-refractivity contribution < 1.29 is 4.79 Å². The zero-order chi connectivity index (χ0) is 12.3. The van der Waals surface area contributed by atoms with Gasteiger partial charge in [0.2, 0.25) is 5.91 Å². The van der Waals surface area contributed by atoms with Gasteiger partial charge in [-0.3, -0.25) is 9.48 Å². The van der Waals surface area contributed by atoms with Crippen molar-refractivity contribution in [2.75, 3.05) is 6.54 Å². The van der Waals surface area contributed by atoms with Crippen molar-refractivity contribution in [1.29, 1.82) is 0 Å². The predicted octanol–water partition coefficient (Wildman–Crippen LogP) is 0.501. The zero-order valence-corrected chi connectivity index (χ0v) is 10.3. The van der Waals surface area contributed by atoms with E-state index in [-0.39, 0.29) is 17.9 Å². The van der Waals surface area contributed by atoms with Crippen LogP contribution in [0.4, 0.5) is 0 Å². The molecule has 5 nitrogen and oxygen atoms in total.